The summed E-state index contributed by atoms with van der Waals surface area (Å²) < 4.78 is 0. The number of hydrogen-bond acceptors (Lipinski definition) is 3. The van der Waals surface area contributed by atoms with E-state index in [1.54, 1.807) is 12.1 Å². The summed E-state index contributed by atoms with van der Waals surface area (Å²) in [5.41, 5.74) is 1.80. The lowest BCUT2D eigenvalue weighted by Crippen LogP contribution is -2.24. The van der Waals surface area contributed by atoms with Crippen LogP contribution in [0.2, 0.25) is 0 Å². The van der Waals surface area contributed by atoms with Gasteiger partial charge in [-0.25, -0.2) is 0 Å². The highest BCUT2D eigenvalue weighted by Crippen LogP contribution is 2.33. The zero-order valence-electron chi connectivity index (χ0n) is 11.0. The molecule has 0 aromatic heterocycles. The number of nitrogens with zero attached hydrogens (tertiary/aromatic N) is 1. The number of benzene rings is 1. The third-order valence-corrected chi connectivity index (χ3v) is 3.93. The normalized spacial score (nSPS) is 17.7. The molecular formula is C14H20N2O2. The summed E-state index contributed by atoms with van der Waals surface area (Å²) in [5.74, 6) is 0.643. The molecule has 1 N–H and O–H groups in total. The van der Waals surface area contributed by atoms with Crippen LogP contribution in [0, 0.1) is 23.0 Å². The van der Waals surface area contributed by atoms with E-state index < -0.39 is 0 Å². The minimum Gasteiger partial charge on any atom is -0.377 e. The summed E-state index contributed by atoms with van der Waals surface area (Å²) in [7, 11) is 0. The van der Waals surface area contributed by atoms with E-state index in [0.29, 0.717) is 17.6 Å². The first kappa shape index (κ1) is 12.9. The second-order valence-electron chi connectivity index (χ2n) is 5.20. The molecule has 1 aliphatic carbocycles. The number of aryl methyl sites for hydroxylation is 1. The lowest BCUT2D eigenvalue weighted by Gasteiger charge is -2.22. The number of anilines is 1. The van der Waals surface area contributed by atoms with Crippen molar-refractivity contribution in [2.45, 2.75) is 45.6 Å². The quantitative estimate of drug-likeness (QED) is 0.649. The van der Waals surface area contributed by atoms with Crippen molar-refractivity contribution in [1.29, 1.82) is 0 Å². The third-order valence-electron chi connectivity index (χ3n) is 3.93. The molecule has 0 amide bonds. The lowest BCUT2D eigenvalue weighted by atomic mass is 9.99. The Morgan fingerprint density at radius 1 is 1.39 bits per heavy atom. The van der Waals surface area contributed by atoms with Crippen LogP contribution in [0.15, 0.2) is 18.2 Å². The van der Waals surface area contributed by atoms with E-state index in [0.717, 1.165) is 5.56 Å². The van der Waals surface area contributed by atoms with E-state index >= 15 is 0 Å². The maximum atomic E-state index is 11.0. The third kappa shape index (κ3) is 2.63. The van der Waals surface area contributed by atoms with Crippen LogP contribution in [-0.2, 0) is 0 Å². The fourth-order valence-corrected chi connectivity index (χ4v) is 2.80. The van der Waals surface area contributed by atoms with Crippen LogP contribution in [0.25, 0.3) is 0 Å². The molecule has 98 valence electrons. The fourth-order valence-electron chi connectivity index (χ4n) is 2.80. The van der Waals surface area contributed by atoms with Gasteiger partial charge in [-0.2, -0.15) is 0 Å². The number of hydrogen-bond donors (Lipinski definition) is 1. The zero-order chi connectivity index (χ0) is 13.1. The molecule has 4 nitrogen and oxygen atoms in total. The molecule has 4 heteroatoms. The molecule has 0 aliphatic heterocycles. The topological polar surface area (TPSA) is 55.2 Å². The van der Waals surface area contributed by atoms with Crippen LogP contribution in [0.4, 0.5) is 11.4 Å². The summed E-state index contributed by atoms with van der Waals surface area (Å²) in [5, 5.41) is 14.4. The molecule has 18 heavy (non-hydrogen) atoms. The van der Waals surface area contributed by atoms with Gasteiger partial charge in [-0.3, -0.25) is 10.1 Å². The predicted molar refractivity (Wildman–Crippen MR) is 72.9 cm³/mol. The minimum atomic E-state index is -0.309. The number of para-hydroxylation sites is 1. The van der Waals surface area contributed by atoms with Gasteiger partial charge in [-0.05, 0) is 38.2 Å². The molecule has 0 spiro atoms. The molecule has 0 saturated heterocycles. The molecule has 1 atom stereocenters. The van der Waals surface area contributed by atoms with Crippen LogP contribution in [-0.4, -0.2) is 11.0 Å². The standard InChI is InChI=1S/C14H20N2O2/c1-10-6-5-9-13(16(17)18)14(10)15-11(2)12-7-3-4-8-12/h5-6,9,11-12,15H,3-4,7-8H2,1-2H3. The van der Waals surface area contributed by atoms with E-state index in [1.165, 1.54) is 25.7 Å². The Balaban J connectivity index is 2.19. The molecular weight excluding hydrogens is 228 g/mol. The van der Waals surface area contributed by atoms with Gasteiger partial charge in [-0.1, -0.05) is 25.0 Å². The molecule has 1 aromatic rings. The van der Waals surface area contributed by atoms with Crippen molar-refractivity contribution in [1.82, 2.24) is 0 Å². The van der Waals surface area contributed by atoms with E-state index in [-0.39, 0.29) is 10.6 Å². The SMILES string of the molecule is Cc1cccc([N+](=O)[O-])c1NC(C)C1CCCC1. The van der Waals surface area contributed by atoms with Crippen molar-refractivity contribution in [3.8, 4) is 0 Å². The highest BCUT2D eigenvalue weighted by molar-refractivity contribution is 5.66. The van der Waals surface area contributed by atoms with Gasteiger partial charge in [-0.15, -0.1) is 0 Å². The van der Waals surface area contributed by atoms with Crippen molar-refractivity contribution >= 4 is 11.4 Å². The first-order valence-corrected chi connectivity index (χ1v) is 6.60. The molecule has 1 aromatic carbocycles. The molecule has 0 bridgehead atoms. The first-order chi connectivity index (χ1) is 8.59. The largest absolute Gasteiger partial charge is 0.377 e. The minimum absolute atomic E-state index is 0.180. The summed E-state index contributed by atoms with van der Waals surface area (Å²) in [4.78, 5) is 10.7. The Morgan fingerprint density at radius 3 is 2.67 bits per heavy atom. The Morgan fingerprint density at radius 2 is 2.06 bits per heavy atom. The van der Waals surface area contributed by atoms with Crippen LogP contribution in [0.1, 0.15) is 38.2 Å². The summed E-state index contributed by atoms with van der Waals surface area (Å²) in [6.45, 7) is 4.04. The predicted octanol–water partition coefficient (Wildman–Crippen LogP) is 3.89. The maximum Gasteiger partial charge on any atom is 0.292 e. The molecule has 0 heterocycles. The average Bonchev–Trinajstić information content (AvgIpc) is 2.85. The smallest absolute Gasteiger partial charge is 0.292 e. The van der Waals surface area contributed by atoms with Crippen molar-refractivity contribution < 1.29 is 4.92 Å². The second-order valence-corrected chi connectivity index (χ2v) is 5.20. The lowest BCUT2D eigenvalue weighted by molar-refractivity contribution is -0.384. The van der Waals surface area contributed by atoms with Gasteiger partial charge >= 0.3 is 0 Å². The number of nitrogens with one attached hydrogen (secondary N) is 1. The summed E-state index contributed by atoms with van der Waals surface area (Å²) in [6, 6.07) is 5.51. The van der Waals surface area contributed by atoms with Crippen molar-refractivity contribution in [2.75, 3.05) is 5.32 Å². The Bertz CT molecular complexity index is 439. The monoisotopic (exact) mass is 248 g/mol. The summed E-state index contributed by atoms with van der Waals surface area (Å²) in [6.07, 6.45) is 5.03. The first-order valence-electron chi connectivity index (χ1n) is 6.60. The number of nitro groups is 1. The molecule has 1 saturated carbocycles. The van der Waals surface area contributed by atoms with Gasteiger partial charge in [0.15, 0.2) is 0 Å². The van der Waals surface area contributed by atoms with E-state index in [9.17, 15) is 10.1 Å². The molecule has 1 fully saturated rings. The van der Waals surface area contributed by atoms with Gasteiger partial charge in [0, 0.05) is 12.1 Å². The second kappa shape index (κ2) is 5.38. The number of nitro benzene ring substituents is 1. The van der Waals surface area contributed by atoms with Crippen LogP contribution < -0.4 is 5.32 Å². The molecule has 0 radical (unpaired) electrons. The van der Waals surface area contributed by atoms with Crippen molar-refractivity contribution in [3.63, 3.8) is 0 Å². The van der Waals surface area contributed by atoms with Crippen LogP contribution >= 0.6 is 0 Å². The van der Waals surface area contributed by atoms with Crippen LogP contribution in [0.5, 0.6) is 0 Å². The fraction of sp³-hybridized carbons (Fsp3) is 0.571. The van der Waals surface area contributed by atoms with Crippen LogP contribution in [0.3, 0.4) is 0 Å². The van der Waals surface area contributed by atoms with Gasteiger partial charge in [0.25, 0.3) is 5.69 Å². The molecule has 2 rings (SSSR count). The Kier molecular flexibility index (Phi) is 3.84. The van der Waals surface area contributed by atoms with E-state index in [2.05, 4.69) is 12.2 Å². The molecule has 1 unspecified atom stereocenters. The van der Waals surface area contributed by atoms with Crippen molar-refractivity contribution in [2.24, 2.45) is 5.92 Å². The highest BCUT2D eigenvalue weighted by atomic mass is 16.6. The Labute approximate surface area is 108 Å². The zero-order valence-corrected chi connectivity index (χ0v) is 11.0. The highest BCUT2D eigenvalue weighted by Gasteiger charge is 2.24. The van der Waals surface area contributed by atoms with Crippen molar-refractivity contribution in [3.05, 3.63) is 33.9 Å². The van der Waals surface area contributed by atoms with Gasteiger partial charge in [0.1, 0.15) is 5.69 Å². The number of rotatable bonds is 4. The van der Waals surface area contributed by atoms with E-state index in [1.807, 2.05) is 13.0 Å². The van der Waals surface area contributed by atoms with Gasteiger partial charge in [0.2, 0.25) is 0 Å². The Hall–Kier alpha value is -1.58. The van der Waals surface area contributed by atoms with Gasteiger partial charge in [0.05, 0.1) is 4.92 Å². The van der Waals surface area contributed by atoms with Gasteiger partial charge < -0.3 is 5.32 Å². The summed E-state index contributed by atoms with van der Waals surface area (Å²) >= 11 is 0. The average molecular weight is 248 g/mol. The van der Waals surface area contributed by atoms with E-state index in [4.69, 9.17) is 0 Å². The maximum absolute atomic E-state index is 11.0. The molecule has 1 aliphatic rings.